The van der Waals surface area contributed by atoms with Crippen LogP contribution in [-0.4, -0.2) is 11.7 Å². The average molecular weight is 460 g/mol. The average Bonchev–Trinajstić information content (AvgIpc) is 2.71. The first-order valence-electron chi connectivity index (χ1n) is 9.19. The summed E-state index contributed by atoms with van der Waals surface area (Å²) >= 11 is 18.0. The molecule has 1 atom stereocenters. The van der Waals surface area contributed by atoms with Crippen LogP contribution in [0, 0.1) is 0 Å². The van der Waals surface area contributed by atoms with Gasteiger partial charge in [0.2, 0.25) is 0 Å². The number of rotatable bonds is 3. The fourth-order valence-electron chi connectivity index (χ4n) is 3.31. The molecule has 0 aliphatic carbocycles. The maximum absolute atomic E-state index is 12.3. The summed E-state index contributed by atoms with van der Waals surface area (Å²) in [7, 11) is 0. The van der Waals surface area contributed by atoms with Gasteiger partial charge in [0.25, 0.3) is 0 Å². The number of anilines is 2. The van der Waals surface area contributed by atoms with E-state index in [0.717, 1.165) is 22.5 Å². The Morgan fingerprint density at radius 3 is 2.37 bits per heavy atom. The number of carbonyl (C=O) groups excluding carboxylic acids is 1. The zero-order valence-corrected chi connectivity index (χ0v) is 17.9. The Labute approximate surface area is 189 Å². The van der Waals surface area contributed by atoms with Gasteiger partial charge in [0.05, 0.1) is 11.8 Å². The first kappa shape index (κ1) is 20.5. The van der Waals surface area contributed by atoms with E-state index in [1.54, 1.807) is 18.2 Å². The van der Waals surface area contributed by atoms with Crippen LogP contribution >= 0.6 is 34.8 Å². The van der Waals surface area contributed by atoms with Crippen LogP contribution in [0.2, 0.25) is 15.1 Å². The molecule has 1 heterocycles. The lowest BCUT2D eigenvalue weighted by Crippen LogP contribution is -2.29. The molecular weight excluding hydrogens is 443 g/mol. The van der Waals surface area contributed by atoms with Crippen molar-refractivity contribution in [3.05, 3.63) is 92.9 Å². The van der Waals surface area contributed by atoms with Gasteiger partial charge in [-0.3, -0.25) is 0 Å². The Balaban J connectivity index is 1.54. The predicted molar refractivity (Wildman–Crippen MR) is 124 cm³/mol. The fourth-order valence-corrected chi connectivity index (χ4v) is 3.96. The summed E-state index contributed by atoms with van der Waals surface area (Å²) in [5, 5.41) is 12.1. The highest BCUT2D eigenvalue weighted by molar-refractivity contribution is 6.35. The number of benzene rings is 3. The van der Waals surface area contributed by atoms with Gasteiger partial charge < -0.3 is 10.6 Å². The molecule has 2 amide bonds. The molecule has 3 aromatic rings. The van der Waals surface area contributed by atoms with Crippen molar-refractivity contribution in [3.8, 4) is 0 Å². The lowest BCUT2D eigenvalue weighted by atomic mass is 9.92. The molecule has 1 aliphatic rings. The highest BCUT2D eigenvalue weighted by atomic mass is 35.5. The van der Waals surface area contributed by atoms with Crippen LogP contribution in [0.4, 0.5) is 16.2 Å². The van der Waals surface area contributed by atoms with Gasteiger partial charge in [-0.25, -0.2) is 10.2 Å². The minimum absolute atomic E-state index is 0.00696. The number of amides is 2. The number of para-hydroxylation sites is 1. The third-order valence-electron chi connectivity index (χ3n) is 4.65. The molecule has 0 spiro atoms. The summed E-state index contributed by atoms with van der Waals surface area (Å²) < 4.78 is 0. The van der Waals surface area contributed by atoms with Crippen molar-refractivity contribution in [3.63, 3.8) is 0 Å². The van der Waals surface area contributed by atoms with Gasteiger partial charge in [0.15, 0.2) is 0 Å². The van der Waals surface area contributed by atoms with E-state index >= 15 is 0 Å². The highest BCUT2D eigenvalue weighted by Crippen LogP contribution is 2.33. The minimum Gasteiger partial charge on any atom is -0.377 e. The number of nitrogens with zero attached hydrogens (tertiary/aromatic N) is 1. The molecule has 1 aliphatic heterocycles. The molecule has 8 heteroatoms. The van der Waals surface area contributed by atoms with E-state index in [1.807, 2.05) is 48.5 Å². The zero-order valence-electron chi connectivity index (χ0n) is 15.6. The Kier molecular flexibility index (Phi) is 6.13. The molecule has 4 rings (SSSR count). The van der Waals surface area contributed by atoms with E-state index in [0.29, 0.717) is 27.2 Å². The zero-order chi connectivity index (χ0) is 21.1. The Morgan fingerprint density at radius 2 is 1.63 bits per heavy atom. The van der Waals surface area contributed by atoms with Crippen molar-refractivity contribution < 1.29 is 4.79 Å². The predicted octanol–water partition coefficient (Wildman–Crippen LogP) is 6.73. The van der Waals surface area contributed by atoms with Crippen LogP contribution in [0.5, 0.6) is 0 Å². The highest BCUT2D eigenvalue weighted by Gasteiger charge is 2.24. The first-order chi connectivity index (χ1) is 14.5. The molecule has 5 nitrogen and oxygen atoms in total. The molecule has 3 aromatic carbocycles. The molecule has 0 saturated heterocycles. The summed E-state index contributed by atoms with van der Waals surface area (Å²) in [6.45, 7) is 0. The molecule has 1 unspecified atom stereocenters. The second-order valence-electron chi connectivity index (χ2n) is 6.78. The molecule has 152 valence electrons. The fraction of sp³-hybridized carbons (Fsp3) is 0.0909. The number of hydrogen-bond donors (Lipinski definition) is 3. The van der Waals surface area contributed by atoms with Crippen LogP contribution < -0.4 is 16.1 Å². The summed E-state index contributed by atoms with van der Waals surface area (Å²) in [5.74, 6) is 0. The SMILES string of the molecule is O=C(NN=C1CC(c2ccc(Cl)cc2)Nc2ccccc21)Nc1cc(Cl)cc(Cl)c1. The van der Waals surface area contributed by atoms with Gasteiger partial charge in [-0.1, -0.05) is 65.1 Å². The molecule has 0 bridgehead atoms. The van der Waals surface area contributed by atoms with Gasteiger partial charge in [0, 0.05) is 38.4 Å². The van der Waals surface area contributed by atoms with Gasteiger partial charge in [-0.05, 0) is 42.0 Å². The Morgan fingerprint density at radius 1 is 0.933 bits per heavy atom. The monoisotopic (exact) mass is 458 g/mol. The van der Waals surface area contributed by atoms with E-state index in [4.69, 9.17) is 34.8 Å². The smallest absolute Gasteiger partial charge is 0.339 e. The number of hydrogen-bond acceptors (Lipinski definition) is 3. The van der Waals surface area contributed by atoms with Gasteiger partial charge in [0.1, 0.15) is 0 Å². The van der Waals surface area contributed by atoms with Crippen LogP contribution in [0.15, 0.2) is 71.8 Å². The standard InChI is InChI=1S/C22H17Cl3N4O/c23-14-7-5-13(6-8-14)20-12-21(18-3-1-2-4-19(18)27-20)28-29-22(30)26-17-10-15(24)9-16(25)11-17/h1-11,20,27H,12H2,(H2,26,29,30). The second kappa shape index (κ2) is 8.96. The van der Waals surface area contributed by atoms with Gasteiger partial charge in [-0.15, -0.1) is 0 Å². The minimum atomic E-state index is -0.486. The van der Waals surface area contributed by atoms with Crippen LogP contribution in [-0.2, 0) is 0 Å². The van der Waals surface area contributed by atoms with Crippen molar-refractivity contribution in [2.24, 2.45) is 5.10 Å². The molecule has 0 fully saturated rings. The van der Waals surface area contributed by atoms with E-state index in [-0.39, 0.29) is 6.04 Å². The van der Waals surface area contributed by atoms with E-state index in [2.05, 4.69) is 21.2 Å². The Bertz CT molecular complexity index is 1100. The topological polar surface area (TPSA) is 65.5 Å². The largest absolute Gasteiger partial charge is 0.377 e. The number of urea groups is 1. The number of carbonyl (C=O) groups is 1. The van der Waals surface area contributed by atoms with Crippen molar-refractivity contribution >= 4 is 57.9 Å². The van der Waals surface area contributed by atoms with Gasteiger partial charge >= 0.3 is 6.03 Å². The maximum atomic E-state index is 12.3. The third kappa shape index (κ3) is 4.87. The normalized spacial score (nSPS) is 16.5. The molecular formula is C22H17Cl3N4O. The molecule has 0 saturated carbocycles. The third-order valence-corrected chi connectivity index (χ3v) is 5.34. The number of halogens is 3. The summed E-state index contributed by atoms with van der Waals surface area (Å²) in [6, 6.07) is 19.9. The number of nitrogens with one attached hydrogen (secondary N) is 3. The lowest BCUT2D eigenvalue weighted by Gasteiger charge is -2.28. The lowest BCUT2D eigenvalue weighted by molar-refractivity contribution is 0.252. The summed E-state index contributed by atoms with van der Waals surface area (Å²) in [6.07, 6.45) is 0.599. The molecule has 30 heavy (non-hydrogen) atoms. The Hall–Kier alpha value is -2.73. The summed E-state index contributed by atoms with van der Waals surface area (Å²) in [5.41, 5.74) is 6.79. The van der Waals surface area contributed by atoms with Crippen LogP contribution in [0.25, 0.3) is 0 Å². The van der Waals surface area contributed by atoms with Crippen molar-refractivity contribution in [1.82, 2.24) is 5.43 Å². The molecule has 0 radical (unpaired) electrons. The quantitative estimate of drug-likeness (QED) is 0.380. The molecule has 0 aromatic heterocycles. The van der Waals surface area contributed by atoms with E-state index in [1.165, 1.54) is 0 Å². The van der Waals surface area contributed by atoms with E-state index < -0.39 is 6.03 Å². The van der Waals surface area contributed by atoms with Crippen molar-refractivity contribution in [1.29, 1.82) is 0 Å². The van der Waals surface area contributed by atoms with Crippen LogP contribution in [0.1, 0.15) is 23.6 Å². The second-order valence-corrected chi connectivity index (χ2v) is 8.09. The van der Waals surface area contributed by atoms with Crippen molar-refractivity contribution in [2.75, 3.05) is 10.6 Å². The van der Waals surface area contributed by atoms with Gasteiger partial charge in [-0.2, -0.15) is 5.10 Å². The first-order valence-corrected chi connectivity index (χ1v) is 10.3. The van der Waals surface area contributed by atoms with Crippen LogP contribution in [0.3, 0.4) is 0 Å². The number of fused-ring (bicyclic) bond motifs is 1. The van der Waals surface area contributed by atoms with E-state index in [9.17, 15) is 4.79 Å². The van der Waals surface area contributed by atoms with Crippen molar-refractivity contribution in [2.45, 2.75) is 12.5 Å². The summed E-state index contributed by atoms with van der Waals surface area (Å²) in [4.78, 5) is 12.3. The number of hydrazone groups is 1. The molecule has 3 N–H and O–H groups in total. The maximum Gasteiger partial charge on any atom is 0.339 e.